The minimum absolute atomic E-state index is 0.0655. The van der Waals surface area contributed by atoms with Crippen molar-refractivity contribution in [2.45, 2.75) is 239 Å². The van der Waals surface area contributed by atoms with Gasteiger partial charge in [-0.1, -0.05) is 194 Å². The summed E-state index contributed by atoms with van der Waals surface area (Å²) in [5, 5.41) is 0. The van der Waals surface area contributed by atoms with Crippen LogP contribution in [0.15, 0.2) is 0 Å². The van der Waals surface area contributed by atoms with Gasteiger partial charge in [-0.2, -0.15) is 0 Å². The Morgan fingerprint density at radius 2 is 0.562 bits per heavy atom. The predicted molar refractivity (Wildman–Crippen MR) is 201 cm³/mol. The fourth-order valence-electron chi connectivity index (χ4n) is 6.15. The molecular weight excluding hydrogens is 600 g/mol. The number of esters is 3. The van der Waals surface area contributed by atoms with Crippen molar-refractivity contribution >= 4 is 17.9 Å². The lowest BCUT2D eigenvalue weighted by molar-refractivity contribution is -0.167. The monoisotopic (exact) mass is 681 g/mol. The summed E-state index contributed by atoms with van der Waals surface area (Å²) >= 11 is 0. The van der Waals surface area contributed by atoms with E-state index in [1.54, 1.807) is 0 Å². The second kappa shape index (κ2) is 38.2. The first-order valence-corrected chi connectivity index (χ1v) is 21.0. The first-order chi connectivity index (χ1) is 23.5. The van der Waals surface area contributed by atoms with Crippen LogP contribution in [0.2, 0.25) is 0 Å². The Morgan fingerprint density at radius 1 is 0.333 bits per heavy atom. The van der Waals surface area contributed by atoms with E-state index in [0.29, 0.717) is 19.3 Å². The van der Waals surface area contributed by atoms with Gasteiger partial charge in [0.15, 0.2) is 6.10 Å². The molecule has 0 heterocycles. The Bertz CT molecular complexity index is 708. The van der Waals surface area contributed by atoms with Gasteiger partial charge in [-0.3, -0.25) is 14.4 Å². The normalized spacial score (nSPS) is 11.8. The van der Waals surface area contributed by atoms with Crippen molar-refractivity contribution in [3.05, 3.63) is 0 Å². The maximum Gasteiger partial charge on any atom is 0.306 e. The third kappa shape index (κ3) is 35.7. The summed E-state index contributed by atoms with van der Waals surface area (Å²) in [7, 11) is 0. The van der Waals surface area contributed by atoms with E-state index in [2.05, 4.69) is 20.8 Å². The van der Waals surface area contributed by atoms with E-state index in [4.69, 9.17) is 14.2 Å². The Balaban J connectivity index is 4.10. The molecule has 0 aliphatic carbocycles. The van der Waals surface area contributed by atoms with Crippen LogP contribution in [0, 0.1) is 0 Å². The Hall–Kier alpha value is -1.59. The molecule has 0 spiro atoms. The molecule has 0 unspecified atom stereocenters. The van der Waals surface area contributed by atoms with Crippen molar-refractivity contribution < 1.29 is 28.6 Å². The molecule has 0 saturated heterocycles. The average Bonchev–Trinajstić information content (AvgIpc) is 3.08. The quantitative estimate of drug-likeness (QED) is 0.0367. The molecule has 0 rings (SSSR count). The molecule has 0 aromatic rings. The van der Waals surface area contributed by atoms with Crippen molar-refractivity contribution in [2.24, 2.45) is 0 Å². The highest BCUT2D eigenvalue weighted by molar-refractivity contribution is 5.71. The standard InChI is InChI=1S/C42H80O6/c1-4-7-10-13-15-16-17-18-19-20-21-22-23-24-25-27-30-33-36-42(45)48-39(37-46-40(43)34-31-28-12-9-6-3)38-47-41(44)35-32-29-26-14-11-8-5-2/h39H,4-38H2,1-3H3/t39-/m1/s1. The SMILES string of the molecule is CCCCCCCCCCCCCCCCCCCCC(=O)O[C@H](COC(=O)CCCCCCC)COC(=O)CCCCCCCCC. The molecule has 0 amide bonds. The van der Waals surface area contributed by atoms with Gasteiger partial charge in [0.1, 0.15) is 13.2 Å². The molecule has 6 heteroatoms. The van der Waals surface area contributed by atoms with Gasteiger partial charge in [-0.25, -0.2) is 0 Å². The van der Waals surface area contributed by atoms with Crippen LogP contribution < -0.4 is 0 Å². The van der Waals surface area contributed by atoms with Gasteiger partial charge in [-0.15, -0.1) is 0 Å². The van der Waals surface area contributed by atoms with Crippen LogP contribution in [0.5, 0.6) is 0 Å². The molecule has 1 atom stereocenters. The smallest absolute Gasteiger partial charge is 0.306 e. The fourth-order valence-corrected chi connectivity index (χ4v) is 6.15. The van der Waals surface area contributed by atoms with Crippen molar-refractivity contribution in [2.75, 3.05) is 13.2 Å². The summed E-state index contributed by atoms with van der Waals surface area (Å²) in [5.41, 5.74) is 0. The number of carbonyl (C=O) groups excluding carboxylic acids is 3. The summed E-state index contributed by atoms with van der Waals surface area (Å²) in [4.78, 5) is 37.2. The average molecular weight is 681 g/mol. The minimum atomic E-state index is -0.755. The van der Waals surface area contributed by atoms with Gasteiger partial charge in [-0.05, 0) is 19.3 Å². The van der Waals surface area contributed by atoms with Crippen molar-refractivity contribution in [3.8, 4) is 0 Å². The number of hydrogen-bond acceptors (Lipinski definition) is 6. The Labute approximate surface area is 298 Å². The third-order valence-corrected chi connectivity index (χ3v) is 9.36. The molecule has 0 aromatic heterocycles. The molecular formula is C42H80O6. The minimum Gasteiger partial charge on any atom is -0.462 e. The fraction of sp³-hybridized carbons (Fsp3) is 0.929. The highest BCUT2D eigenvalue weighted by Crippen LogP contribution is 2.15. The van der Waals surface area contributed by atoms with Crippen molar-refractivity contribution in [3.63, 3.8) is 0 Å². The first kappa shape index (κ1) is 46.4. The summed E-state index contributed by atoms with van der Waals surface area (Å²) in [6.07, 6.45) is 37.0. The second-order valence-electron chi connectivity index (χ2n) is 14.3. The lowest BCUT2D eigenvalue weighted by Crippen LogP contribution is -2.30. The third-order valence-electron chi connectivity index (χ3n) is 9.36. The van der Waals surface area contributed by atoms with Crippen LogP contribution in [0.25, 0.3) is 0 Å². The van der Waals surface area contributed by atoms with Gasteiger partial charge in [0.2, 0.25) is 0 Å². The van der Waals surface area contributed by atoms with Gasteiger partial charge in [0.05, 0.1) is 0 Å². The summed E-state index contributed by atoms with van der Waals surface area (Å²) in [5.74, 6) is -0.879. The van der Waals surface area contributed by atoms with Crippen molar-refractivity contribution in [1.29, 1.82) is 0 Å². The van der Waals surface area contributed by atoms with E-state index < -0.39 is 6.10 Å². The maximum atomic E-state index is 12.6. The van der Waals surface area contributed by atoms with Crippen LogP contribution >= 0.6 is 0 Å². The van der Waals surface area contributed by atoms with Crippen LogP contribution in [0.1, 0.15) is 233 Å². The number of hydrogen-bond donors (Lipinski definition) is 0. The molecule has 0 N–H and O–H groups in total. The number of rotatable bonds is 38. The molecule has 0 aliphatic rings. The molecule has 0 bridgehead atoms. The molecule has 48 heavy (non-hydrogen) atoms. The summed E-state index contributed by atoms with van der Waals surface area (Å²) < 4.78 is 16.5. The van der Waals surface area contributed by atoms with E-state index >= 15 is 0 Å². The number of carbonyl (C=O) groups is 3. The lowest BCUT2D eigenvalue weighted by Gasteiger charge is -2.18. The van der Waals surface area contributed by atoms with E-state index in [0.717, 1.165) is 64.2 Å². The highest BCUT2D eigenvalue weighted by Gasteiger charge is 2.19. The van der Waals surface area contributed by atoms with Crippen LogP contribution in [-0.2, 0) is 28.6 Å². The van der Waals surface area contributed by atoms with Gasteiger partial charge < -0.3 is 14.2 Å². The molecule has 284 valence electrons. The highest BCUT2D eigenvalue weighted by atomic mass is 16.6. The van der Waals surface area contributed by atoms with Gasteiger partial charge in [0.25, 0.3) is 0 Å². The molecule has 6 nitrogen and oxygen atoms in total. The summed E-state index contributed by atoms with van der Waals surface area (Å²) in [6.45, 7) is 6.52. The van der Waals surface area contributed by atoms with E-state index in [9.17, 15) is 14.4 Å². The van der Waals surface area contributed by atoms with E-state index in [-0.39, 0.29) is 31.1 Å². The first-order valence-electron chi connectivity index (χ1n) is 21.0. The zero-order valence-electron chi connectivity index (χ0n) is 32.3. The molecule has 0 aromatic carbocycles. The Morgan fingerprint density at radius 3 is 0.833 bits per heavy atom. The van der Waals surface area contributed by atoms with Crippen molar-refractivity contribution in [1.82, 2.24) is 0 Å². The van der Waals surface area contributed by atoms with Gasteiger partial charge >= 0.3 is 17.9 Å². The Kier molecular flexibility index (Phi) is 36.9. The zero-order valence-corrected chi connectivity index (χ0v) is 32.3. The van der Waals surface area contributed by atoms with E-state index in [1.807, 2.05) is 0 Å². The lowest BCUT2D eigenvalue weighted by atomic mass is 10.0. The molecule has 0 fully saturated rings. The number of ether oxygens (including phenoxy) is 3. The van der Waals surface area contributed by atoms with Crippen LogP contribution in [0.3, 0.4) is 0 Å². The molecule has 0 saturated carbocycles. The van der Waals surface area contributed by atoms with E-state index in [1.165, 1.54) is 128 Å². The van der Waals surface area contributed by atoms with Gasteiger partial charge in [0, 0.05) is 19.3 Å². The van der Waals surface area contributed by atoms with Crippen LogP contribution in [0.4, 0.5) is 0 Å². The van der Waals surface area contributed by atoms with Crippen LogP contribution in [-0.4, -0.2) is 37.2 Å². The maximum absolute atomic E-state index is 12.6. The summed E-state index contributed by atoms with van der Waals surface area (Å²) in [6, 6.07) is 0. The molecule has 0 radical (unpaired) electrons. The number of unbranched alkanes of at least 4 members (excludes halogenated alkanes) is 27. The topological polar surface area (TPSA) is 78.9 Å². The predicted octanol–water partition coefficient (Wildman–Crippen LogP) is 12.9. The second-order valence-corrected chi connectivity index (χ2v) is 14.3. The molecule has 0 aliphatic heterocycles. The largest absolute Gasteiger partial charge is 0.462 e. The zero-order chi connectivity index (χ0) is 35.2.